The van der Waals surface area contributed by atoms with Crippen molar-refractivity contribution >= 4 is 27.3 Å². The van der Waals surface area contributed by atoms with Gasteiger partial charge in [-0.2, -0.15) is 0 Å². The SMILES string of the molecule is CC(C)=CC(=O)Nc1ccc(NS(=O)(=O)c2ccc(F)c(F)c2)cc1. The normalized spacial score (nSPS) is 10.9. The van der Waals surface area contributed by atoms with E-state index >= 15 is 0 Å². The fraction of sp³-hybridized carbons (Fsp3) is 0.118. The first-order valence-electron chi connectivity index (χ1n) is 7.21. The number of sulfonamides is 1. The zero-order valence-corrected chi connectivity index (χ0v) is 14.3. The molecular formula is C17H16F2N2O3S. The van der Waals surface area contributed by atoms with Gasteiger partial charge in [-0.05, 0) is 56.3 Å². The molecule has 2 aromatic carbocycles. The van der Waals surface area contributed by atoms with E-state index in [1.165, 1.54) is 30.3 Å². The molecule has 25 heavy (non-hydrogen) atoms. The molecular weight excluding hydrogens is 350 g/mol. The number of amides is 1. The summed E-state index contributed by atoms with van der Waals surface area (Å²) in [7, 11) is -4.06. The summed E-state index contributed by atoms with van der Waals surface area (Å²) in [4.78, 5) is 11.2. The monoisotopic (exact) mass is 366 g/mol. The van der Waals surface area contributed by atoms with Crippen molar-refractivity contribution in [3.8, 4) is 0 Å². The van der Waals surface area contributed by atoms with Crippen LogP contribution in [-0.4, -0.2) is 14.3 Å². The Morgan fingerprint density at radius 2 is 1.56 bits per heavy atom. The van der Waals surface area contributed by atoms with Gasteiger partial charge in [-0.1, -0.05) is 5.57 Å². The average Bonchev–Trinajstić information content (AvgIpc) is 2.50. The zero-order valence-electron chi connectivity index (χ0n) is 13.5. The first kappa shape index (κ1) is 18.6. The molecule has 0 fully saturated rings. The minimum atomic E-state index is -4.06. The van der Waals surface area contributed by atoms with Gasteiger partial charge < -0.3 is 5.32 Å². The predicted octanol–water partition coefficient (Wildman–Crippen LogP) is 3.67. The lowest BCUT2D eigenvalue weighted by atomic mass is 10.2. The molecule has 2 rings (SSSR count). The van der Waals surface area contributed by atoms with Crippen LogP contribution in [-0.2, 0) is 14.8 Å². The number of nitrogens with one attached hydrogen (secondary N) is 2. The van der Waals surface area contributed by atoms with E-state index in [9.17, 15) is 22.0 Å². The van der Waals surface area contributed by atoms with Crippen LogP contribution in [0.15, 0.2) is 59.0 Å². The molecule has 0 saturated heterocycles. The molecule has 0 radical (unpaired) electrons. The van der Waals surface area contributed by atoms with Crippen LogP contribution in [0, 0.1) is 11.6 Å². The van der Waals surface area contributed by atoms with E-state index < -0.39 is 26.6 Å². The highest BCUT2D eigenvalue weighted by Gasteiger charge is 2.16. The van der Waals surface area contributed by atoms with E-state index in [1.54, 1.807) is 13.8 Å². The van der Waals surface area contributed by atoms with Gasteiger partial charge in [-0.3, -0.25) is 9.52 Å². The average molecular weight is 366 g/mol. The fourth-order valence-corrected chi connectivity index (χ4v) is 2.99. The molecule has 0 aliphatic rings. The summed E-state index contributed by atoms with van der Waals surface area (Å²) in [5.41, 5.74) is 1.54. The molecule has 0 saturated carbocycles. The number of halogens is 2. The number of rotatable bonds is 5. The minimum Gasteiger partial charge on any atom is -0.323 e. The molecule has 0 bridgehead atoms. The van der Waals surface area contributed by atoms with Gasteiger partial charge in [-0.25, -0.2) is 17.2 Å². The van der Waals surface area contributed by atoms with Gasteiger partial charge in [0, 0.05) is 17.5 Å². The van der Waals surface area contributed by atoms with Crippen molar-refractivity contribution < 1.29 is 22.0 Å². The predicted molar refractivity (Wildman–Crippen MR) is 91.7 cm³/mol. The summed E-state index contributed by atoms with van der Waals surface area (Å²) in [5.74, 6) is -2.68. The highest BCUT2D eigenvalue weighted by Crippen LogP contribution is 2.20. The van der Waals surface area contributed by atoms with Crippen LogP contribution in [0.3, 0.4) is 0 Å². The summed E-state index contributed by atoms with van der Waals surface area (Å²) >= 11 is 0. The zero-order chi connectivity index (χ0) is 18.6. The molecule has 0 aliphatic heterocycles. The molecule has 2 N–H and O–H groups in total. The third kappa shape index (κ3) is 5.12. The Bertz CT molecular complexity index is 919. The van der Waals surface area contributed by atoms with Crippen LogP contribution in [0.2, 0.25) is 0 Å². The quantitative estimate of drug-likeness (QED) is 0.793. The van der Waals surface area contributed by atoms with E-state index in [0.717, 1.165) is 17.7 Å². The van der Waals surface area contributed by atoms with Gasteiger partial charge >= 0.3 is 0 Å². The lowest BCUT2D eigenvalue weighted by Crippen LogP contribution is -2.13. The number of allylic oxidation sites excluding steroid dienone is 1. The van der Waals surface area contributed by atoms with Gasteiger partial charge in [0.05, 0.1) is 4.90 Å². The van der Waals surface area contributed by atoms with Crippen LogP contribution in [0.4, 0.5) is 20.2 Å². The topological polar surface area (TPSA) is 75.3 Å². The Kier molecular flexibility index (Phi) is 5.53. The molecule has 0 spiro atoms. The third-order valence-electron chi connectivity index (χ3n) is 3.03. The molecule has 0 unspecified atom stereocenters. The molecule has 0 aliphatic carbocycles. The Morgan fingerprint density at radius 1 is 0.960 bits per heavy atom. The second-order valence-electron chi connectivity index (χ2n) is 5.47. The molecule has 0 heterocycles. The number of hydrogen-bond donors (Lipinski definition) is 2. The molecule has 5 nitrogen and oxygen atoms in total. The molecule has 0 atom stereocenters. The summed E-state index contributed by atoms with van der Waals surface area (Å²) in [5, 5.41) is 2.62. The van der Waals surface area contributed by atoms with E-state index in [-0.39, 0.29) is 11.6 Å². The lowest BCUT2D eigenvalue weighted by molar-refractivity contribution is -0.111. The summed E-state index contributed by atoms with van der Waals surface area (Å²) in [6.07, 6.45) is 1.43. The molecule has 132 valence electrons. The van der Waals surface area contributed by atoms with Crippen molar-refractivity contribution in [2.45, 2.75) is 18.7 Å². The molecule has 1 amide bonds. The fourth-order valence-electron chi connectivity index (χ4n) is 1.92. The highest BCUT2D eigenvalue weighted by molar-refractivity contribution is 7.92. The Balaban J connectivity index is 2.13. The van der Waals surface area contributed by atoms with E-state index in [4.69, 9.17) is 0 Å². The number of carbonyl (C=O) groups is 1. The number of carbonyl (C=O) groups excluding carboxylic acids is 1. The first-order chi connectivity index (χ1) is 11.7. The second-order valence-corrected chi connectivity index (χ2v) is 7.15. The van der Waals surface area contributed by atoms with E-state index in [0.29, 0.717) is 11.8 Å². The largest absolute Gasteiger partial charge is 0.323 e. The van der Waals surface area contributed by atoms with Crippen molar-refractivity contribution in [3.05, 3.63) is 65.7 Å². The lowest BCUT2D eigenvalue weighted by Gasteiger charge is -2.09. The van der Waals surface area contributed by atoms with Gasteiger partial charge in [-0.15, -0.1) is 0 Å². The van der Waals surface area contributed by atoms with Crippen LogP contribution in [0.25, 0.3) is 0 Å². The smallest absolute Gasteiger partial charge is 0.261 e. The summed E-state index contributed by atoms with van der Waals surface area (Å²) in [6.45, 7) is 3.57. The maximum absolute atomic E-state index is 13.2. The van der Waals surface area contributed by atoms with Crippen molar-refractivity contribution in [2.24, 2.45) is 0 Å². The molecule has 2 aromatic rings. The number of hydrogen-bond acceptors (Lipinski definition) is 3. The van der Waals surface area contributed by atoms with E-state index in [1.807, 2.05) is 0 Å². The van der Waals surface area contributed by atoms with Crippen molar-refractivity contribution in [1.29, 1.82) is 0 Å². The first-order valence-corrected chi connectivity index (χ1v) is 8.69. The Hall–Kier alpha value is -2.74. The molecule has 8 heteroatoms. The standard InChI is InChI=1S/C17H16F2N2O3S/c1-11(2)9-17(22)20-12-3-5-13(6-4-12)21-25(23,24)14-7-8-15(18)16(19)10-14/h3-10,21H,1-2H3,(H,20,22). The second kappa shape index (κ2) is 7.43. The van der Waals surface area contributed by atoms with Gasteiger partial charge in [0.15, 0.2) is 11.6 Å². The van der Waals surface area contributed by atoms with Crippen LogP contribution in [0.1, 0.15) is 13.8 Å². The van der Waals surface area contributed by atoms with Crippen molar-refractivity contribution in [1.82, 2.24) is 0 Å². The number of benzene rings is 2. The Morgan fingerprint density at radius 3 is 2.12 bits per heavy atom. The van der Waals surface area contributed by atoms with Crippen LogP contribution in [0.5, 0.6) is 0 Å². The minimum absolute atomic E-state index is 0.213. The summed E-state index contributed by atoms with van der Waals surface area (Å²) in [6, 6.07) is 8.22. The van der Waals surface area contributed by atoms with Crippen molar-refractivity contribution in [2.75, 3.05) is 10.0 Å². The maximum Gasteiger partial charge on any atom is 0.261 e. The van der Waals surface area contributed by atoms with Gasteiger partial charge in [0.1, 0.15) is 0 Å². The van der Waals surface area contributed by atoms with Crippen molar-refractivity contribution in [3.63, 3.8) is 0 Å². The maximum atomic E-state index is 13.2. The van der Waals surface area contributed by atoms with Crippen LogP contribution >= 0.6 is 0 Å². The van der Waals surface area contributed by atoms with Crippen LogP contribution < -0.4 is 10.0 Å². The summed E-state index contributed by atoms with van der Waals surface area (Å²) < 4.78 is 52.7. The highest BCUT2D eigenvalue weighted by atomic mass is 32.2. The number of anilines is 2. The Labute approximate surface area is 144 Å². The van der Waals surface area contributed by atoms with Gasteiger partial charge in [0.2, 0.25) is 5.91 Å². The third-order valence-corrected chi connectivity index (χ3v) is 4.40. The van der Waals surface area contributed by atoms with E-state index in [2.05, 4.69) is 10.0 Å². The van der Waals surface area contributed by atoms with Gasteiger partial charge in [0.25, 0.3) is 10.0 Å². The molecule has 0 aromatic heterocycles.